The zero-order valence-corrected chi connectivity index (χ0v) is 14.7. The van der Waals surface area contributed by atoms with Crippen molar-refractivity contribution in [1.29, 1.82) is 0 Å². The molecule has 1 aromatic carbocycles. The Morgan fingerprint density at radius 2 is 1.96 bits per heavy atom. The first-order valence-corrected chi connectivity index (χ1v) is 8.89. The van der Waals surface area contributed by atoms with Crippen LogP contribution in [0.15, 0.2) is 24.3 Å². The molecule has 1 amide bonds. The Morgan fingerprint density at radius 3 is 2.76 bits per heavy atom. The molecule has 0 aromatic heterocycles. The zero-order chi connectivity index (χ0) is 17.8. The lowest BCUT2D eigenvalue weighted by Crippen LogP contribution is -2.46. The van der Waals surface area contributed by atoms with Gasteiger partial charge in [0.25, 0.3) is 5.91 Å². The summed E-state index contributed by atoms with van der Waals surface area (Å²) in [4.78, 5) is 24.2. The van der Waals surface area contributed by atoms with Crippen LogP contribution in [0.3, 0.4) is 0 Å². The molecule has 4 atom stereocenters. The summed E-state index contributed by atoms with van der Waals surface area (Å²) in [5.41, 5.74) is 0. The lowest BCUT2D eigenvalue weighted by molar-refractivity contribution is -0.158. The predicted molar refractivity (Wildman–Crippen MR) is 91.4 cm³/mol. The van der Waals surface area contributed by atoms with Crippen LogP contribution in [0, 0.1) is 11.8 Å². The van der Waals surface area contributed by atoms with E-state index in [1.807, 2.05) is 6.07 Å². The van der Waals surface area contributed by atoms with E-state index >= 15 is 0 Å². The molecule has 1 aliphatic heterocycles. The standard InChI is InChI=1S/C19H25NO5/c1-12-6-5-7-14(13(12)2)20-18(21)11-24-19(22)17-10-23-15-8-3-4-9-16(15)25-17/h3-4,8-9,12-14,17H,5-7,10-11H2,1-2H3,(H,20,21)/t12-,13-,14-,17+/m1/s1. The smallest absolute Gasteiger partial charge is 0.351 e. The summed E-state index contributed by atoms with van der Waals surface area (Å²) in [5.74, 6) is 1.27. The Morgan fingerprint density at radius 1 is 1.20 bits per heavy atom. The maximum atomic E-state index is 12.1. The van der Waals surface area contributed by atoms with E-state index in [9.17, 15) is 9.59 Å². The SMILES string of the molecule is C[C@@H]1[C@H](C)CCC[C@H]1NC(=O)COC(=O)[C@@H]1COc2ccccc2O1. The summed E-state index contributed by atoms with van der Waals surface area (Å²) in [6, 6.07) is 7.29. The van der Waals surface area contributed by atoms with Crippen molar-refractivity contribution in [1.82, 2.24) is 5.32 Å². The molecule has 25 heavy (non-hydrogen) atoms. The van der Waals surface area contributed by atoms with Gasteiger partial charge >= 0.3 is 5.97 Å². The number of hydrogen-bond acceptors (Lipinski definition) is 5. The second-order valence-corrected chi connectivity index (χ2v) is 6.91. The highest BCUT2D eigenvalue weighted by Gasteiger charge is 2.31. The number of para-hydroxylation sites is 2. The molecule has 0 radical (unpaired) electrons. The predicted octanol–water partition coefficient (Wildman–Crippen LogP) is 2.31. The van der Waals surface area contributed by atoms with Gasteiger partial charge in [-0.15, -0.1) is 0 Å². The van der Waals surface area contributed by atoms with Crippen molar-refractivity contribution in [3.63, 3.8) is 0 Å². The van der Waals surface area contributed by atoms with Gasteiger partial charge in [0.15, 0.2) is 18.1 Å². The van der Waals surface area contributed by atoms with E-state index in [1.54, 1.807) is 18.2 Å². The van der Waals surface area contributed by atoms with E-state index < -0.39 is 12.1 Å². The summed E-state index contributed by atoms with van der Waals surface area (Å²) < 4.78 is 16.2. The van der Waals surface area contributed by atoms with Crippen molar-refractivity contribution < 1.29 is 23.8 Å². The number of esters is 1. The summed E-state index contributed by atoms with van der Waals surface area (Å²) in [6.07, 6.45) is 2.43. The molecule has 2 aliphatic rings. The summed E-state index contributed by atoms with van der Waals surface area (Å²) in [5, 5.41) is 2.98. The Labute approximate surface area is 147 Å². The molecule has 0 spiro atoms. The highest BCUT2D eigenvalue weighted by molar-refractivity contribution is 5.82. The van der Waals surface area contributed by atoms with Crippen LogP contribution in [0.5, 0.6) is 11.5 Å². The Kier molecular flexibility index (Phi) is 5.46. The fourth-order valence-corrected chi connectivity index (χ4v) is 3.40. The van der Waals surface area contributed by atoms with Gasteiger partial charge in [0.05, 0.1) is 0 Å². The molecule has 6 heteroatoms. The van der Waals surface area contributed by atoms with Gasteiger partial charge in [-0.3, -0.25) is 4.79 Å². The molecule has 6 nitrogen and oxygen atoms in total. The van der Waals surface area contributed by atoms with E-state index in [1.165, 1.54) is 6.42 Å². The van der Waals surface area contributed by atoms with Gasteiger partial charge in [0.1, 0.15) is 6.61 Å². The molecule has 1 aromatic rings. The molecule has 1 heterocycles. The van der Waals surface area contributed by atoms with Crippen LogP contribution in [-0.2, 0) is 14.3 Å². The normalized spacial score (nSPS) is 28.1. The molecule has 0 saturated heterocycles. The monoisotopic (exact) mass is 347 g/mol. The van der Waals surface area contributed by atoms with E-state index in [2.05, 4.69) is 19.2 Å². The largest absolute Gasteiger partial charge is 0.485 e. The van der Waals surface area contributed by atoms with E-state index in [0.717, 1.165) is 12.8 Å². The second kappa shape index (κ2) is 7.76. The highest BCUT2D eigenvalue weighted by atomic mass is 16.6. The average Bonchev–Trinajstić information content (AvgIpc) is 2.63. The number of nitrogens with one attached hydrogen (secondary N) is 1. The Hall–Kier alpha value is -2.24. The summed E-state index contributed by atoms with van der Waals surface area (Å²) >= 11 is 0. The molecule has 0 bridgehead atoms. The number of carbonyl (C=O) groups is 2. The fraction of sp³-hybridized carbons (Fsp3) is 0.579. The van der Waals surface area contributed by atoms with Crippen molar-refractivity contribution in [2.45, 2.75) is 45.3 Å². The van der Waals surface area contributed by atoms with Crippen molar-refractivity contribution in [3.05, 3.63) is 24.3 Å². The third-order valence-electron chi connectivity index (χ3n) is 5.17. The maximum absolute atomic E-state index is 12.1. The minimum absolute atomic E-state index is 0.0780. The molecular formula is C19H25NO5. The number of carbonyl (C=O) groups excluding carboxylic acids is 2. The van der Waals surface area contributed by atoms with Gasteiger partial charge in [0, 0.05) is 6.04 Å². The molecule has 1 saturated carbocycles. The minimum atomic E-state index is -0.851. The number of rotatable bonds is 4. The van der Waals surface area contributed by atoms with Gasteiger partial charge < -0.3 is 19.5 Å². The van der Waals surface area contributed by atoms with E-state index in [-0.39, 0.29) is 25.2 Å². The topological polar surface area (TPSA) is 73.9 Å². The number of hydrogen-bond donors (Lipinski definition) is 1. The molecule has 136 valence electrons. The first kappa shape index (κ1) is 17.6. The Balaban J connectivity index is 1.45. The van der Waals surface area contributed by atoms with Crippen LogP contribution < -0.4 is 14.8 Å². The molecule has 1 fully saturated rings. The van der Waals surface area contributed by atoms with Crippen molar-refractivity contribution in [2.24, 2.45) is 11.8 Å². The van der Waals surface area contributed by atoms with Gasteiger partial charge in [-0.05, 0) is 30.4 Å². The van der Waals surface area contributed by atoms with Gasteiger partial charge in [-0.2, -0.15) is 0 Å². The number of amides is 1. The molecule has 0 unspecified atom stereocenters. The molecule has 1 aliphatic carbocycles. The minimum Gasteiger partial charge on any atom is -0.485 e. The quantitative estimate of drug-likeness (QED) is 0.846. The van der Waals surface area contributed by atoms with Crippen LogP contribution in [-0.4, -0.2) is 37.2 Å². The molecule has 1 N–H and O–H groups in total. The fourth-order valence-electron chi connectivity index (χ4n) is 3.40. The van der Waals surface area contributed by atoms with Gasteiger partial charge in [-0.1, -0.05) is 38.8 Å². The number of ether oxygens (including phenoxy) is 3. The molecular weight excluding hydrogens is 322 g/mol. The highest BCUT2D eigenvalue weighted by Crippen LogP contribution is 2.31. The van der Waals surface area contributed by atoms with Gasteiger partial charge in [0.2, 0.25) is 6.10 Å². The van der Waals surface area contributed by atoms with Crippen LogP contribution in [0.2, 0.25) is 0 Å². The lowest BCUT2D eigenvalue weighted by Gasteiger charge is -2.34. The van der Waals surface area contributed by atoms with Gasteiger partial charge in [-0.25, -0.2) is 4.79 Å². The van der Waals surface area contributed by atoms with E-state index in [4.69, 9.17) is 14.2 Å². The maximum Gasteiger partial charge on any atom is 0.351 e. The average molecular weight is 347 g/mol. The van der Waals surface area contributed by atoms with Crippen molar-refractivity contribution in [2.75, 3.05) is 13.2 Å². The van der Waals surface area contributed by atoms with Crippen molar-refractivity contribution in [3.8, 4) is 11.5 Å². The zero-order valence-electron chi connectivity index (χ0n) is 14.7. The number of benzene rings is 1. The first-order chi connectivity index (χ1) is 12.0. The number of fused-ring (bicyclic) bond motifs is 1. The third kappa shape index (κ3) is 4.24. The van der Waals surface area contributed by atoms with E-state index in [0.29, 0.717) is 23.3 Å². The van der Waals surface area contributed by atoms with Crippen molar-refractivity contribution >= 4 is 11.9 Å². The van der Waals surface area contributed by atoms with Crippen LogP contribution in [0.25, 0.3) is 0 Å². The van der Waals surface area contributed by atoms with Crippen LogP contribution in [0.4, 0.5) is 0 Å². The summed E-state index contributed by atoms with van der Waals surface area (Å²) in [7, 11) is 0. The molecule has 3 rings (SSSR count). The first-order valence-electron chi connectivity index (χ1n) is 8.89. The summed E-state index contributed by atoms with van der Waals surface area (Å²) in [6.45, 7) is 4.15. The third-order valence-corrected chi connectivity index (χ3v) is 5.17. The van der Waals surface area contributed by atoms with Crippen LogP contribution >= 0.6 is 0 Å². The van der Waals surface area contributed by atoms with Crippen LogP contribution in [0.1, 0.15) is 33.1 Å². The second-order valence-electron chi connectivity index (χ2n) is 6.91. The lowest BCUT2D eigenvalue weighted by atomic mass is 9.78. The Bertz CT molecular complexity index is 632.